The summed E-state index contributed by atoms with van der Waals surface area (Å²) in [6.45, 7) is -0.237. The molecular formula is C33H25F3N2O5. The highest BCUT2D eigenvalue weighted by molar-refractivity contribution is 6.04. The molecule has 0 aliphatic heterocycles. The third kappa shape index (κ3) is 6.82. The van der Waals surface area contributed by atoms with E-state index in [2.05, 4.69) is 5.32 Å². The van der Waals surface area contributed by atoms with Gasteiger partial charge in [0, 0.05) is 17.3 Å². The maximum absolute atomic E-state index is 13.6. The number of carboxylic acids is 1. The second-order valence-electron chi connectivity index (χ2n) is 9.80. The molecule has 4 aromatic carbocycles. The Morgan fingerprint density at radius 2 is 1.51 bits per heavy atom. The monoisotopic (exact) mass is 586 g/mol. The molecule has 5 aromatic rings. The van der Waals surface area contributed by atoms with E-state index in [0.717, 1.165) is 45.2 Å². The number of carbonyl (C=O) groups is 2. The number of aromatic nitrogens is 1. The van der Waals surface area contributed by atoms with Crippen molar-refractivity contribution in [3.05, 3.63) is 136 Å². The molecule has 0 bridgehead atoms. The zero-order valence-electron chi connectivity index (χ0n) is 22.5. The van der Waals surface area contributed by atoms with Gasteiger partial charge in [-0.1, -0.05) is 66.7 Å². The molecule has 1 aromatic heterocycles. The molecule has 0 saturated carbocycles. The zero-order valence-corrected chi connectivity index (χ0v) is 22.5. The van der Waals surface area contributed by atoms with Crippen LogP contribution in [0.15, 0.2) is 114 Å². The smallest absolute Gasteiger partial charge is 0.416 e. The lowest BCUT2D eigenvalue weighted by Crippen LogP contribution is -2.34. The largest absolute Gasteiger partial charge is 0.480 e. The fourth-order valence-electron chi connectivity index (χ4n) is 4.59. The van der Waals surface area contributed by atoms with Crippen molar-refractivity contribution in [2.45, 2.75) is 18.8 Å². The highest BCUT2D eigenvalue weighted by atomic mass is 19.4. The first-order valence-electron chi connectivity index (χ1n) is 13.2. The number of carbonyl (C=O) groups excluding carboxylic acids is 1. The normalized spacial score (nSPS) is 12.2. The SMILES string of the molecule is O=C(Nc1cc(-c2ccc3ccccc3c2)cn(C(COCc2ccccc2)C(=O)O)c1=O)c1ccc(C(F)(F)F)cc1. The molecule has 10 heteroatoms. The standard InChI is InChI=1S/C33H25F3N2O5/c34-33(35,36)27-14-12-23(13-15-27)30(39)37-28-17-26(25-11-10-22-8-4-5-9-24(22)16-25)18-38(31(28)40)29(32(41)42)20-43-19-21-6-2-1-3-7-21/h1-18,29H,19-20H2,(H,37,39)(H,41,42). The van der Waals surface area contributed by atoms with Gasteiger partial charge in [-0.3, -0.25) is 14.2 Å². The lowest BCUT2D eigenvalue weighted by atomic mass is 10.0. The van der Waals surface area contributed by atoms with E-state index in [1.807, 2.05) is 66.7 Å². The second-order valence-corrected chi connectivity index (χ2v) is 9.80. The molecule has 1 unspecified atom stereocenters. The molecule has 1 heterocycles. The quantitative estimate of drug-likeness (QED) is 0.198. The number of aliphatic carboxylic acids is 1. The van der Waals surface area contributed by atoms with E-state index >= 15 is 0 Å². The topological polar surface area (TPSA) is 97.6 Å². The van der Waals surface area contributed by atoms with Gasteiger partial charge in [-0.15, -0.1) is 0 Å². The van der Waals surface area contributed by atoms with Gasteiger partial charge in [0.2, 0.25) is 0 Å². The van der Waals surface area contributed by atoms with Crippen LogP contribution in [-0.4, -0.2) is 28.2 Å². The van der Waals surface area contributed by atoms with E-state index in [9.17, 15) is 32.7 Å². The van der Waals surface area contributed by atoms with Crippen molar-refractivity contribution in [3.8, 4) is 11.1 Å². The Morgan fingerprint density at radius 1 is 0.837 bits per heavy atom. The van der Waals surface area contributed by atoms with Crippen LogP contribution in [0.3, 0.4) is 0 Å². The summed E-state index contributed by atoms with van der Waals surface area (Å²) in [5, 5.41) is 14.4. The number of hydrogen-bond donors (Lipinski definition) is 2. The van der Waals surface area contributed by atoms with Crippen molar-refractivity contribution < 1.29 is 32.6 Å². The van der Waals surface area contributed by atoms with Crippen LogP contribution in [0.25, 0.3) is 21.9 Å². The Kier molecular flexibility index (Phi) is 8.40. The number of carboxylic acid groups (broad SMARTS) is 1. The second kappa shape index (κ2) is 12.3. The highest BCUT2D eigenvalue weighted by Gasteiger charge is 2.30. The van der Waals surface area contributed by atoms with Gasteiger partial charge in [-0.25, -0.2) is 4.79 Å². The van der Waals surface area contributed by atoms with E-state index in [1.54, 1.807) is 6.07 Å². The Balaban J connectivity index is 1.52. The number of fused-ring (bicyclic) bond motifs is 1. The first-order chi connectivity index (χ1) is 20.6. The number of pyridine rings is 1. The summed E-state index contributed by atoms with van der Waals surface area (Å²) in [6, 6.07) is 25.7. The molecule has 1 atom stereocenters. The van der Waals surface area contributed by atoms with Gasteiger partial charge in [-0.05, 0) is 58.3 Å². The van der Waals surface area contributed by atoms with Crippen molar-refractivity contribution >= 4 is 28.3 Å². The van der Waals surface area contributed by atoms with Gasteiger partial charge < -0.3 is 15.2 Å². The van der Waals surface area contributed by atoms with Crippen molar-refractivity contribution in [2.75, 3.05) is 11.9 Å². The minimum atomic E-state index is -4.58. The third-order valence-electron chi connectivity index (χ3n) is 6.86. The van der Waals surface area contributed by atoms with E-state index in [4.69, 9.17) is 4.74 Å². The van der Waals surface area contributed by atoms with Gasteiger partial charge in [0.1, 0.15) is 5.69 Å². The lowest BCUT2D eigenvalue weighted by Gasteiger charge is -2.19. The van der Waals surface area contributed by atoms with Crippen LogP contribution in [0.4, 0.5) is 18.9 Å². The number of anilines is 1. The number of nitrogens with one attached hydrogen (secondary N) is 1. The van der Waals surface area contributed by atoms with Crippen molar-refractivity contribution in [3.63, 3.8) is 0 Å². The number of benzene rings is 4. The highest BCUT2D eigenvalue weighted by Crippen LogP contribution is 2.30. The van der Waals surface area contributed by atoms with Crippen molar-refractivity contribution in [1.82, 2.24) is 4.57 Å². The van der Waals surface area contributed by atoms with Crippen LogP contribution in [0.1, 0.15) is 27.5 Å². The maximum atomic E-state index is 13.6. The number of halogens is 3. The van der Waals surface area contributed by atoms with Crippen LogP contribution in [0.5, 0.6) is 0 Å². The van der Waals surface area contributed by atoms with E-state index in [1.165, 1.54) is 12.3 Å². The molecular weight excluding hydrogens is 561 g/mol. The van der Waals surface area contributed by atoms with Crippen LogP contribution < -0.4 is 10.9 Å². The molecule has 5 rings (SSSR count). The summed E-state index contributed by atoms with van der Waals surface area (Å²) in [5.74, 6) is -2.16. The number of hydrogen-bond acceptors (Lipinski definition) is 4. The Labute approximate surface area is 243 Å². The first-order valence-corrected chi connectivity index (χ1v) is 13.2. The minimum absolute atomic E-state index is 0.112. The summed E-state index contributed by atoms with van der Waals surface area (Å²) < 4.78 is 45.6. The first kappa shape index (κ1) is 29.3. The molecule has 2 N–H and O–H groups in total. The van der Waals surface area contributed by atoms with Crippen molar-refractivity contribution in [1.29, 1.82) is 0 Å². The molecule has 0 radical (unpaired) electrons. The summed E-state index contributed by atoms with van der Waals surface area (Å²) >= 11 is 0. The van der Waals surface area contributed by atoms with Gasteiger partial charge in [0.25, 0.3) is 11.5 Å². The maximum Gasteiger partial charge on any atom is 0.416 e. The summed E-state index contributed by atoms with van der Waals surface area (Å²) in [7, 11) is 0. The van der Waals surface area contributed by atoms with Gasteiger partial charge >= 0.3 is 12.1 Å². The molecule has 218 valence electrons. The van der Waals surface area contributed by atoms with Crippen LogP contribution in [-0.2, 0) is 22.3 Å². The zero-order chi connectivity index (χ0) is 30.6. The van der Waals surface area contributed by atoms with Crippen LogP contribution in [0.2, 0.25) is 0 Å². The van der Waals surface area contributed by atoms with Gasteiger partial charge in [0.05, 0.1) is 18.8 Å². The number of alkyl halides is 3. The average molecular weight is 587 g/mol. The van der Waals surface area contributed by atoms with E-state index < -0.39 is 35.2 Å². The predicted octanol–water partition coefficient (Wildman–Crippen LogP) is 6.78. The number of amides is 1. The number of ether oxygens (including phenoxy) is 1. The van der Waals surface area contributed by atoms with Gasteiger partial charge in [-0.2, -0.15) is 13.2 Å². The fourth-order valence-corrected chi connectivity index (χ4v) is 4.59. The summed E-state index contributed by atoms with van der Waals surface area (Å²) in [6.07, 6.45) is -3.18. The Bertz CT molecular complexity index is 1830. The molecule has 0 spiro atoms. The van der Waals surface area contributed by atoms with E-state index in [-0.39, 0.29) is 24.5 Å². The van der Waals surface area contributed by atoms with Crippen LogP contribution in [0, 0.1) is 0 Å². The molecule has 43 heavy (non-hydrogen) atoms. The molecule has 0 aliphatic rings. The van der Waals surface area contributed by atoms with Crippen LogP contribution >= 0.6 is 0 Å². The minimum Gasteiger partial charge on any atom is -0.480 e. The number of rotatable bonds is 9. The molecule has 0 saturated heterocycles. The van der Waals surface area contributed by atoms with E-state index in [0.29, 0.717) is 11.1 Å². The molecule has 0 aliphatic carbocycles. The molecule has 0 fully saturated rings. The molecule has 7 nitrogen and oxygen atoms in total. The van der Waals surface area contributed by atoms with Crippen molar-refractivity contribution in [2.24, 2.45) is 0 Å². The number of nitrogens with zero attached hydrogens (tertiary/aromatic N) is 1. The Hall–Kier alpha value is -5.22. The third-order valence-corrected chi connectivity index (χ3v) is 6.86. The van der Waals surface area contributed by atoms with Gasteiger partial charge in [0.15, 0.2) is 6.04 Å². The fraction of sp³-hybridized carbons (Fsp3) is 0.121. The summed E-state index contributed by atoms with van der Waals surface area (Å²) in [4.78, 5) is 39.0. The predicted molar refractivity (Wildman–Crippen MR) is 156 cm³/mol. The average Bonchev–Trinajstić information content (AvgIpc) is 3.00. The lowest BCUT2D eigenvalue weighted by molar-refractivity contribution is -0.143. The summed E-state index contributed by atoms with van der Waals surface area (Å²) in [5.41, 5.74) is -0.214. The Morgan fingerprint density at radius 3 is 2.19 bits per heavy atom. The molecule has 1 amide bonds.